The monoisotopic (exact) mass is 296 g/mol. The second kappa shape index (κ2) is 6.30. The zero-order chi connectivity index (χ0) is 15.6. The maximum atomic E-state index is 12.6. The van der Waals surface area contributed by atoms with Gasteiger partial charge in [-0.15, -0.1) is 0 Å². The highest BCUT2D eigenvalue weighted by Crippen LogP contribution is 2.41. The van der Waals surface area contributed by atoms with E-state index < -0.39 is 24.2 Å². The van der Waals surface area contributed by atoms with E-state index in [1.807, 2.05) is 0 Å². The molecule has 0 aromatic rings. The van der Waals surface area contributed by atoms with E-state index in [0.29, 0.717) is 6.54 Å². The van der Waals surface area contributed by atoms with Gasteiger partial charge >= 0.3 is 12.1 Å². The van der Waals surface area contributed by atoms with Gasteiger partial charge in [-0.2, -0.15) is 13.2 Å². The Morgan fingerprint density at radius 1 is 1.35 bits per heavy atom. The first-order valence-electron chi connectivity index (χ1n) is 6.91. The van der Waals surface area contributed by atoms with Gasteiger partial charge in [-0.1, -0.05) is 6.92 Å². The van der Waals surface area contributed by atoms with Crippen LogP contribution in [0.25, 0.3) is 0 Å². The lowest BCUT2D eigenvalue weighted by atomic mass is 9.91. The van der Waals surface area contributed by atoms with Gasteiger partial charge < -0.3 is 10.4 Å². The lowest BCUT2D eigenvalue weighted by Gasteiger charge is -2.38. The number of nitrogens with zero attached hydrogens (tertiary/aromatic N) is 1. The molecular weight excluding hydrogens is 273 g/mol. The summed E-state index contributed by atoms with van der Waals surface area (Å²) in [6.45, 7) is 4.27. The minimum Gasteiger partial charge on any atom is -0.480 e. The van der Waals surface area contributed by atoms with Gasteiger partial charge in [0.1, 0.15) is 5.54 Å². The van der Waals surface area contributed by atoms with Crippen molar-refractivity contribution in [3.05, 3.63) is 0 Å². The number of hydrogen-bond acceptors (Lipinski definition) is 3. The molecule has 1 unspecified atom stereocenters. The number of halogens is 3. The molecule has 0 heterocycles. The van der Waals surface area contributed by atoms with E-state index in [-0.39, 0.29) is 18.5 Å². The van der Waals surface area contributed by atoms with Crippen LogP contribution in [0.15, 0.2) is 0 Å². The Morgan fingerprint density at radius 2 is 1.90 bits per heavy atom. The van der Waals surface area contributed by atoms with Gasteiger partial charge in [0, 0.05) is 12.6 Å². The van der Waals surface area contributed by atoms with E-state index in [1.165, 1.54) is 4.90 Å². The van der Waals surface area contributed by atoms with E-state index in [2.05, 4.69) is 5.32 Å². The largest absolute Gasteiger partial charge is 0.480 e. The maximum Gasteiger partial charge on any atom is 0.401 e. The molecule has 1 saturated carbocycles. The molecule has 1 fully saturated rings. The van der Waals surface area contributed by atoms with Crippen molar-refractivity contribution in [3.63, 3.8) is 0 Å². The highest BCUT2D eigenvalue weighted by atomic mass is 19.4. The average molecular weight is 296 g/mol. The third kappa shape index (κ3) is 4.34. The number of nitrogens with one attached hydrogen (secondary N) is 1. The summed E-state index contributed by atoms with van der Waals surface area (Å²) in [7, 11) is 0. The average Bonchev–Trinajstić information content (AvgIpc) is 3.08. The highest BCUT2D eigenvalue weighted by Gasteiger charge is 2.52. The standard InChI is InChI=1S/C13H23F3N2O2/c1-4-17-12(11(19)20,10-5-6-10)7-18(9(2)3)8-13(14,15)16/h9-10,17H,4-8H2,1-3H3,(H,19,20). The highest BCUT2D eigenvalue weighted by molar-refractivity contribution is 5.80. The van der Waals surface area contributed by atoms with Crippen LogP contribution in [0.1, 0.15) is 33.6 Å². The molecule has 0 radical (unpaired) electrons. The third-order valence-electron chi connectivity index (χ3n) is 3.71. The lowest BCUT2D eigenvalue weighted by Crippen LogP contribution is -2.62. The number of hydrogen-bond donors (Lipinski definition) is 2. The predicted molar refractivity (Wildman–Crippen MR) is 69.5 cm³/mol. The molecule has 0 aromatic carbocycles. The Labute approximate surface area is 117 Å². The van der Waals surface area contributed by atoms with Crippen molar-refractivity contribution in [2.45, 2.75) is 51.4 Å². The summed E-state index contributed by atoms with van der Waals surface area (Å²) < 4.78 is 37.9. The molecule has 0 bridgehead atoms. The summed E-state index contributed by atoms with van der Waals surface area (Å²) in [5, 5.41) is 12.4. The molecule has 7 heteroatoms. The summed E-state index contributed by atoms with van der Waals surface area (Å²) in [6, 6.07) is -0.368. The minimum atomic E-state index is -4.33. The number of carbonyl (C=O) groups is 1. The van der Waals surface area contributed by atoms with Crippen LogP contribution >= 0.6 is 0 Å². The summed E-state index contributed by atoms with van der Waals surface area (Å²) in [6.07, 6.45) is -2.83. The van der Waals surface area contributed by atoms with Gasteiger partial charge in [-0.25, -0.2) is 0 Å². The molecule has 0 saturated heterocycles. The first-order valence-corrected chi connectivity index (χ1v) is 6.91. The lowest BCUT2D eigenvalue weighted by molar-refractivity contribution is -0.160. The van der Waals surface area contributed by atoms with Crippen molar-refractivity contribution in [1.82, 2.24) is 10.2 Å². The van der Waals surface area contributed by atoms with Gasteiger partial charge in [0.15, 0.2) is 0 Å². The van der Waals surface area contributed by atoms with Crippen LogP contribution in [0, 0.1) is 5.92 Å². The Kier molecular flexibility index (Phi) is 5.43. The van der Waals surface area contributed by atoms with Gasteiger partial charge in [-0.3, -0.25) is 9.69 Å². The normalized spacial score (nSPS) is 19.4. The summed E-state index contributed by atoms with van der Waals surface area (Å²) in [5.41, 5.74) is -1.27. The predicted octanol–water partition coefficient (Wildman–Crippen LogP) is 2.10. The van der Waals surface area contributed by atoms with E-state index in [9.17, 15) is 23.1 Å². The molecule has 1 aliphatic rings. The topological polar surface area (TPSA) is 52.6 Å². The Hall–Kier alpha value is -0.820. The Balaban J connectivity index is 2.92. The summed E-state index contributed by atoms with van der Waals surface area (Å²) in [4.78, 5) is 12.8. The van der Waals surface area contributed by atoms with Crippen molar-refractivity contribution in [2.75, 3.05) is 19.6 Å². The molecule has 1 atom stereocenters. The van der Waals surface area contributed by atoms with Crippen molar-refractivity contribution >= 4 is 5.97 Å². The van der Waals surface area contributed by atoms with Crippen LogP contribution in [0.5, 0.6) is 0 Å². The van der Waals surface area contributed by atoms with Crippen molar-refractivity contribution in [3.8, 4) is 0 Å². The number of aliphatic carboxylic acids is 1. The number of alkyl halides is 3. The van der Waals surface area contributed by atoms with Crippen LogP contribution in [-0.2, 0) is 4.79 Å². The van der Waals surface area contributed by atoms with E-state index in [1.54, 1.807) is 20.8 Å². The molecule has 1 rings (SSSR count). The van der Waals surface area contributed by atoms with Gasteiger partial charge in [0.25, 0.3) is 0 Å². The van der Waals surface area contributed by atoms with Gasteiger partial charge in [-0.05, 0) is 39.2 Å². The fourth-order valence-corrected chi connectivity index (χ4v) is 2.51. The second-order valence-corrected chi connectivity index (χ2v) is 5.70. The van der Waals surface area contributed by atoms with Crippen LogP contribution in [0.2, 0.25) is 0 Å². The first-order chi connectivity index (χ1) is 9.12. The molecule has 0 spiro atoms. The second-order valence-electron chi connectivity index (χ2n) is 5.70. The fraction of sp³-hybridized carbons (Fsp3) is 0.923. The van der Waals surface area contributed by atoms with Gasteiger partial charge in [0.2, 0.25) is 0 Å². The third-order valence-corrected chi connectivity index (χ3v) is 3.71. The van der Waals surface area contributed by atoms with Crippen molar-refractivity contribution in [1.29, 1.82) is 0 Å². The SMILES string of the molecule is CCNC(CN(CC(F)(F)F)C(C)C)(C(=O)O)C1CC1. The van der Waals surface area contributed by atoms with E-state index in [0.717, 1.165) is 12.8 Å². The van der Waals surface area contributed by atoms with E-state index in [4.69, 9.17) is 0 Å². The van der Waals surface area contributed by atoms with Crippen molar-refractivity contribution < 1.29 is 23.1 Å². The zero-order valence-corrected chi connectivity index (χ0v) is 12.1. The van der Waals surface area contributed by atoms with Crippen LogP contribution < -0.4 is 5.32 Å². The quantitative estimate of drug-likeness (QED) is 0.720. The number of rotatable bonds is 8. The number of carboxylic acids is 1. The van der Waals surface area contributed by atoms with E-state index >= 15 is 0 Å². The first kappa shape index (κ1) is 17.2. The number of likely N-dealkylation sites (N-methyl/N-ethyl adjacent to an activating group) is 1. The summed E-state index contributed by atoms with van der Waals surface area (Å²) in [5.74, 6) is -1.15. The van der Waals surface area contributed by atoms with Gasteiger partial charge in [0.05, 0.1) is 6.54 Å². The Morgan fingerprint density at radius 3 is 2.20 bits per heavy atom. The molecule has 4 nitrogen and oxygen atoms in total. The zero-order valence-electron chi connectivity index (χ0n) is 12.1. The minimum absolute atomic E-state index is 0.0885. The molecule has 20 heavy (non-hydrogen) atoms. The van der Waals surface area contributed by atoms with Crippen LogP contribution in [0.3, 0.4) is 0 Å². The molecule has 118 valence electrons. The molecule has 2 N–H and O–H groups in total. The maximum absolute atomic E-state index is 12.6. The summed E-state index contributed by atoms with van der Waals surface area (Å²) >= 11 is 0. The Bertz CT molecular complexity index is 343. The fourth-order valence-electron chi connectivity index (χ4n) is 2.51. The van der Waals surface area contributed by atoms with Crippen LogP contribution in [-0.4, -0.2) is 53.4 Å². The van der Waals surface area contributed by atoms with Crippen LogP contribution in [0.4, 0.5) is 13.2 Å². The molecule has 0 aliphatic heterocycles. The number of carboxylic acid groups (broad SMARTS) is 1. The van der Waals surface area contributed by atoms with Crippen molar-refractivity contribution in [2.24, 2.45) is 5.92 Å². The molecule has 0 amide bonds. The molecule has 1 aliphatic carbocycles. The molecule has 0 aromatic heterocycles. The smallest absolute Gasteiger partial charge is 0.401 e. The molecular formula is C13H23F3N2O2.